The van der Waals surface area contributed by atoms with Crippen LogP contribution in [0, 0.1) is 0 Å². The normalized spacial score (nSPS) is 19.8. The number of ether oxygens (including phenoxy) is 1. The smallest absolute Gasteiger partial charge is 0.410 e. The maximum atomic E-state index is 12.1. The highest BCUT2D eigenvalue weighted by Crippen LogP contribution is 2.28. The molecule has 1 aromatic rings. The number of carbonyl (C=O) groups excluding carboxylic acids is 1. The van der Waals surface area contributed by atoms with Crippen LogP contribution in [-0.4, -0.2) is 34.7 Å². The van der Waals surface area contributed by atoms with E-state index in [2.05, 4.69) is 4.98 Å². The Hall–Kier alpha value is -1.29. The quantitative estimate of drug-likeness (QED) is 0.739. The van der Waals surface area contributed by atoms with E-state index >= 15 is 0 Å². The van der Waals surface area contributed by atoms with E-state index in [1.165, 1.54) is 0 Å². The van der Waals surface area contributed by atoms with Crippen LogP contribution in [0.1, 0.15) is 45.1 Å². The third-order valence-corrected chi connectivity index (χ3v) is 3.50. The summed E-state index contributed by atoms with van der Waals surface area (Å²) in [6.45, 7) is 7.08. The number of nitrogens with zero attached hydrogens (tertiary/aromatic N) is 2. The number of carbonyl (C=O) groups is 1. The molecule has 110 valence electrons. The zero-order chi connectivity index (χ0) is 14.8. The largest absolute Gasteiger partial charge is 0.444 e. The Morgan fingerprint density at radius 3 is 2.90 bits per heavy atom. The molecule has 2 rings (SSSR count). The van der Waals surface area contributed by atoms with E-state index in [4.69, 9.17) is 16.3 Å². The van der Waals surface area contributed by atoms with Crippen molar-refractivity contribution < 1.29 is 9.53 Å². The van der Waals surface area contributed by atoms with Crippen LogP contribution in [0.4, 0.5) is 4.79 Å². The molecule has 20 heavy (non-hydrogen) atoms. The Labute approximate surface area is 125 Å². The van der Waals surface area contributed by atoms with E-state index in [-0.39, 0.29) is 6.09 Å². The highest BCUT2D eigenvalue weighted by atomic mass is 35.5. The lowest BCUT2D eigenvalue weighted by Crippen LogP contribution is -2.42. The summed E-state index contributed by atoms with van der Waals surface area (Å²) in [5.74, 6) is 0.303. The highest BCUT2D eigenvalue weighted by Gasteiger charge is 2.28. The first-order valence-corrected chi connectivity index (χ1v) is 7.32. The summed E-state index contributed by atoms with van der Waals surface area (Å²) < 4.78 is 5.43. The second kappa shape index (κ2) is 6.00. The van der Waals surface area contributed by atoms with Gasteiger partial charge < -0.3 is 9.64 Å². The summed E-state index contributed by atoms with van der Waals surface area (Å²) in [7, 11) is 0. The van der Waals surface area contributed by atoms with Gasteiger partial charge in [0.05, 0.1) is 0 Å². The summed E-state index contributed by atoms with van der Waals surface area (Å²) in [5, 5.41) is 0.497. The fourth-order valence-electron chi connectivity index (χ4n) is 2.41. The predicted octanol–water partition coefficient (Wildman–Crippen LogP) is 3.85. The van der Waals surface area contributed by atoms with Gasteiger partial charge in [0, 0.05) is 25.2 Å². The Morgan fingerprint density at radius 1 is 1.50 bits per heavy atom. The fraction of sp³-hybridized carbons (Fsp3) is 0.600. The molecule has 1 fully saturated rings. The summed E-state index contributed by atoms with van der Waals surface area (Å²) >= 11 is 5.93. The third kappa shape index (κ3) is 4.10. The number of hydrogen-bond donors (Lipinski definition) is 0. The monoisotopic (exact) mass is 296 g/mol. The van der Waals surface area contributed by atoms with Crippen molar-refractivity contribution in [1.29, 1.82) is 0 Å². The molecule has 1 atom stereocenters. The van der Waals surface area contributed by atoms with Gasteiger partial charge in [-0.15, -0.1) is 0 Å². The Bertz CT molecular complexity index is 485. The van der Waals surface area contributed by atoms with E-state index in [9.17, 15) is 4.79 Å². The molecular formula is C15H21ClN2O2. The molecule has 0 bridgehead atoms. The molecule has 0 radical (unpaired) electrons. The van der Waals surface area contributed by atoms with Crippen molar-refractivity contribution in [2.45, 2.75) is 45.1 Å². The second-order valence-corrected chi connectivity index (χ2v) is 6.56. The van der Waals surface area contributed by atoms with E-state index < -0.39 is 5.60 Å². The Morgan fingerprint density at radius 2 is 2.25 bits per heavy atom. The Kier molecular flexibility index (Phi) is 4.53. The maximum Gasteiger partial charge on any atom is 0.410 e. The number of pyridine rings is 1. The average Bonchev–Trinajstić information content (AvgIpc) is 2.37. The molecule has 1 aromatic heterocycles. The summed E-state index contributed by atoms with van der Waals surface area (Å²) in [4.78, 5) is 17.9. The molecule has 1 saturated heterocycles. The van der Waals surface area contributed by atoms with Crippen molar-refractivity contribution in [1.82, 2.24) is 9.88 Å². The standard InChI is InChI=1S/C15H21ClN2O2/c1-15(2,3)20-14(19)18-8-4-5-12(10-18)11-6-7-17-13(16)9-11/h6-7,9,12H,4-5,8,10H2,1-3H3. The van der Waals surface area contributed by atoms with Gasteiger partial charge in [-0.1, -0.05) is 11.6 Å². The number of rotatable bonds is 1. The van der Waals surface area contributed by atoms with E-state index in [0.29, 0.717) is 17.6 Å². The van der Waals surface area contributed by atoms with Crippen molar-refractivity contribution in [3.05, 3.63) is 29.0 Å². The predicted molar refractivity (Wildman–Crippen MR) is 79.0 cm³/mol. The van der Waals surface area contributed by atoms with Crippen LogP contribution >= 0.6 is 11.6 Å². The lowest BCUT2D eigenvalue weighted by Gasteiger charge is -2.34. The average molecular weight is 297 g/mol. The zero-order valence-electron chi connectivity index (χ0n) is 12.2. The third-order valence-electron chi connectivity index (χ3n) is 3.30. The summed E-state index contributed by atoms with van der Waals surface area (Å²) in [6, 6.07) is 3.85. The molecule has 0 saturated carbocycles. The number of aromatic nitrogens is 1. The van der Waals surface area contributed by atoms with Crippen LogP contribution in [0.15, 0.2) is 18.3 Å². The molecule has 1 aliphatic heterocycles. The SMILES string of the molecule is CC(C)(C)OC(=O)N1CCCC(c2ccnc(Cl)c2)C1. The number of piperidine rings is 1. The molecule has 1 amide bonds. The van der Waals surface area contributed by atoms with Gasteiger partial charge in [0.25, 0.3) is 0 Å². The van der Waals surface area contributed by atoms with Gasteiger partial charge in [0.2, 0.25) is 0 Å². The number of hydrogen-bond acceptors (Lipinski definition) is 3. The summed E-state index contributed by atoms with van der Waals surface area (Å²) in [6.07, 6.45) is 3.51. The van der Waals surface area contributed by atoms with Crippen molar-refractivity contribution >= 4 is 17.7 Å². The van der Waals surface area contributed by atoms with Gasteiger partial charge in [-0.3, -0.25) is 0 Å². The van der Waals surface area contributed by atoms with Crippen molar-refractivity contribution in [3.8, 4) is 0 Å². The van der Waals surface area contributed by atoms with Gasteiger partial charge in [0.15, 0.2) is 0 Å². The minimum absolute atomic E-state index is 0.234. The van der Waals surface area contributed by atoms with Crippen LogP contribution in [0.2, 0.25) is 5.15 Å². The van der Waals surface area contributed by atoms with E-state index in [0.717, 1.165) is 24.9 Å². The molecule has 0 spiro atoms. The molecule has 4 nitrogen and oxygen atoms in total. The molecule has 0 aliphatic carbocycles. The molecule has 2 heterocycles. The van der Waals surface area contributed by atoms with Crippen LogP contribution in [-0.2, 0) is 4.74 Å². The van der Waals surface area contributed by atoms with Gasteiger partial charge in [-0.25, -0.2) is 9.78 Å². The molecular weight excluding hydrogens is 276 g/mol. The van der Waals surface area contributed by atoms with Gasteiger partial charge in [-0.2, -0.15) is 0 Å². The topological polar surface area (TPSA) is 42.4 Å². The zero-order valence-corrected chi connectivity index (χ0v) is 13.0. The minimum Gasteiger partial charge on any atom is -0.444 e. The molecule has 0 aromatic carbocycles. The van der Waals surface area contributed by atoms with Gasteiger partial charge in [0.1, 0.15) is 10.8 Å². The van der Waals surface area contributed by atoms with Crippen LogP contribution in [0.25, 0.3) is 0 Å². The summed E-state index contributed by atoms with van der Waals surface area (Å²) in [5.41, 5.74) is 0.683. The number of halogens is 1. The van der Waals surface area contributed by atoms with E-state index in [1.807, 2.05) is 32.9 Å². The molecule has 1 aliphatic rings. The minimum atomic E-state index is -0.454. The van der Waals surface area contributed by atoms with Crippen LogP contribution in [0.3, 0.4) is 0 Å². The lowest BCUT2D eigenvalue weighted by molar-refractivity contribution is 0.0198. The van der Waals surface area contributed by atoms with Crippen molar-refractivity contribution in [2.75, 3.05) is 13.1 Å². The Balaban J connectivity index is 2.03. The van der Waals surface area contributed by atoms with Crippen LogP contribution in [0.5, 0.6) is 0 Å². The second-order valence-electron chi connectivity index (χ2n) is 6.18. The van der Waals surface area contributed by atoms with Crippen molar-refractivity contribution in [2.24, 2.45) is 0 Å². The molecule has 1 unspecified atom stereocenters. The van der Waals surface area contributed by atoms with Crippen molar-refractivity contribution in [3.63, 3.8) is 0 Å². The number of likely N-dealkylation sites (tertiary alicyclic amines) is 1. The lowest BCUT2D eigenvalue weighted by atomic mass is 9.91. The number of amides is 1. The van der Waals surface area contributed by atoms with E-state index in [1.54, 1.807) is 11.1 Å². The van der Waals surface area contributed by atoms with Gasteiger partial charge in [-0.05, 0) is 51.3 Å². The van der Waals surface area contributed by atoms with Crippen LogP contribution < -0.4 is 0 Å². The van der Waals surface area contributed by atoms with Gasteiger partial charge >= 0.3 is 6.09 Å². The molecule has 5 heteroatoms. The first kappa shape index (κ1) is 15.1. The highest BCUT2D eigenvalue weighted by molar-refractivity contribution is 6.29. The first-order chi connectivity index (χ1) is 9.35. The first-order valence-electron chi connectivity index (χ1n) is 6.94. The fourth-order valence-corrected chi connectivity index (χ4v) is 2.60. The maximum absolute atomic E-state index is 12.1. The molecule has 0 N–H and O–H groups in total.